The molecule has 0 saturated carbocycles. The van der Waals surface area contributed by atoms with Gasteiger partial charge in [-0.05, 0) is 30.7 Å². The van der Waals surface area contributed by atoms with Gasteiger partial charge in [-0.2, -0.15) is 0 Å². The molecule has 2 aromatic rings. The van der Waals surface area contributed by atoms with E-state index in [0.29, 0.717) is 6.42 Å². The molecule has 0 fully saturated rings. The largest absolute Gasteiger partial charge is 0.464 e. The fourth-order valence-electron chi connectivity index (χ4n) is 1.82. The Bertz CT molecular complexity index is 482. The maximum absolute atomic E-state index is 11.9. The average Bonchev–Trinajstić information content (AvgIpc) is 2.76. The number of fused-ring (bicyclic) bond motifs is 1. The van der Waals surface area contributed by atoms with Crippen molar-refractivity contribution in [3.63, 3.8) is 0 Å². The Labute approximate surface area is 95.3 Å². The molecule has 0 aliphatic rings. The summed E-state index contributed by atoms with van der Waals surface area (Å²) >= 11 is 0. The topological polar surface area (TPSA) is 30.2 Å². The number of furan rings is 1. The molecule has 1 heterocycles. The number of hydrogen-bond donors (Lipinski definition) is 0. The molecule has 1 aromatic carbocycles. The molecule has 0 bridgehead atoms. The van der Waals surface area contributed by atoms with Gasteiger partial charge in [-0.3, -0.25) is 4.79 Å². The van der Waals surface area contributed by atoms with Gasteiger partial charge in [0, 0.05) is 17.4 Å². The minimum atomic E-state index is 0.233. The maximum Gasteiger partial charge on any atom is 0.162 e. The van der Waals surface area contributed by atoms with Crippen molar-refractivity contribution in [3.8, 4) is 0 Å². The lowest BCUT2D eigenvalue weighted by atomic mass is 10.0. The molecule has 0 radical (unpaired) electrons. The minimum Gasteiger partial charge on any atom is -0.464 e. The van der Waals surface area contributed by atoms with Crippen molar-refractivity contribution < 1.29 is 9.21 Å². The second-order valence-corrected chi connectivity index (χ2v) is 4.05. The highest BCUT2D eigenvalue weighted by Crippen LogP contribution is 2.18. The van der Waals surface area contributed by atoms with Crippen molar-refractivity contribution in [2.75, 3.05) is 0 Å². The molecule has 0 aliphatic heterocycles. The van der Waals surface area contributed by atoms with Gasteiger partial charge < -0.3 is 4.42 Å². The van der Waals surface area contributed by atoms with Crippen LogP contribution in [0, 0.1) is 0 Å². The van der Waals surface area contributed by atoms with Gasteiger partial charge in [-0.1, -0.05) is 19.8 Å². The molecule has 0 amide bonds. The van der Waals surface area contributed by atoms with Crippen molar-refractivity contribution >= 4 is 16.8 Å². The summed E-state index contributed by atoms with van der Waals surface area (Å²) in [5.74, 6) is 0.233. The number of benzene rings is 1. The van der Waals surface area contributed by atoms with Crippen LogP contribution in [0.3, 0.4) is 0 Å². The van der Waals surface area contributed by atoms with Crippen LogP contribution in [0.2, 0.25) is 0 Å². The summed E-state index contributed by atoms with van der Waals surface area (Å²) in [6, 6.07) is 7.51. The Kier molecular flexibility index (Phi) is 3.40. The molecular formula is C14H16O2. The lowest BCUT2D eigenvalue weighted by Crippen LogP contribution is -1.98. The van der Waals surface area contributed by atoms with E-state index in [-0.39, 0.29) is 5.78 Å². The van der Waals surface area contributed by atoms with Gasteiger partial charge in [-0.25, -0.2) is 0 Å². The van der Waals surface area contributed by atoms with E-state index < -0.39 is 0 Å². The van der Waals surface area contributed by atoms with Crippen LogP contribution in [-0.4, -0.2) is 5.78 Å². The number of unbranched alkanes of at least 4 members (excludes halogenated alkanes) is 2. The lowest BCUT2D eigenvalue weighted by Gasteiger charge is -2.00. The van der Waals surface area contributed by atoms with Crippen molar-refractivity contribution in [1.82, 2.24) is 0 Å². The molecule has 2 heteroatoms. The van der Waals surface area contributed by atoms with E-state index in [2.05, 4.69) is 6.92 Å². The number of carbonyl (C=O) groups excluding carboxylic acids is 1. The molecule has 0 atom stereocenters. The molecule has 0 unspecified atom stereocenters. The summed E-state index contributed by atoms with van der Waals surface area (Å²) in [6.45, 7) is 2.14. The van der Waals surface area contributed by atoms with Gasteiger partial charge in [0.2, 0.25) is 0 Å². The first-order valence-electron chi connectivity index (χ1n) is 5.81. The summed E-state index contributed by atoms with van der Waals surface area (Å²) < 4.78 is 5.24. The van der Waals surface area contributed by atoms with Crippen molar-refractivity contribution in [2.45, 2.75) is 32.6 Å². The summed E-state index contributed by atoms with van der Waals surface area (Å²) in [5, 5.41) is 1.00. The number of Topliss-reactive ketones (excluding diaryl/α,β-unsaturated/α-hetero) is 1. The predicted molar refractivity (Wildman–Crippen MR) is 64.7 cm³/mol. The third-order valence-electron chi connectivity index (χ3n) is 2.78. The van der Waals surface area contributed by atoms with Gasteiger partial charge in [0.1, 0.15) is 5.58 Å². The van der Waals surface area contributed by atoms with Crippen LogP contribution in [0.15, 0.2) is 34.9 Å². The van der Waals surface area contributed by atoms with Gasteiger partial charge >= 0.3 is 0 Å². The number of carbonyl (C=O) groups is 1. The summed E-state index contributed by atoms with van der Waals surface area (Å²) in [6.07, 6.45) is 5.56. The summed E-state index contributed by atoms with van der Waals surface area (Å²) in [5.41, 5.74) is 1.63. The molecule has 2 rings (SSSR count). The average molecular weight is 216 g/mol. The van der Waals surface area contributed by atoms with Crippen molar-refractivity contribution in [2.24, 2.45) is 0 Å². The zero-order valence-corrected chi connectivity index (χ0v) is 9.53. The minimum absolute atomic E-state index is 0.233. The highest BCUT2D eigenvalue weighted by atomic mass is 16.3. The fraction of sp³-hybridized carbons (Fsp3) is 0.357. The van der Waals surface area contributed by atoms with Crippen LogP contribution >= 0.6 is 0 Å². The number of ketones is 1. The zero-order chi connectivity index (χ0) is 11.4. The number of rotatable bonds is 5. The molecule has 0 saturated heterocycles. The smallest absolute Gasteiger partial charge is 0.162 e. The molecule has 2 nitrogen and oxygen atoms in total. The Balaban J connectivity index is 2.10. The first-order chi connectivity index (χ1) is 7.81. The van der Waals surface area contributed by atoms with E-state index in [1.807, 2.05) is 24.3 Å². The van der Waals surface area contributed by atoms with Crippen LogP contribution in [0.4, 0.5) is 0 Å². The van der Waals surface area contributed by atoms with Crippen molar-refractivity contribution in [3.05, 3.63) is 36.1 Å². The monoisotopic (exact) mass is 216 g/mol. The molecule has 0 aliphatic carbocycles. The van der Waals surface area contributed by atoms with Gasteiger partial charge in [0.05, 0.1) is 6.26 Å². The van der Waals surface area contributed by atoms with Crippen LogP contribution in [0.1, 0.15) is 43.0 Å². The summed E-state index contributed by atoms with van der Waals surface area (Å²) in [4.78, 5) is 11.9. The van der Waals surface area contributed by atoms with E-state index in [4.69, 9.17) is 4.42 Å². The highest BCUT2D eigenvalue weighted by Gasteiger charge is 2.06. The van der Waals surface area contributed by atoms with E-state index >= 15 is 0 Å². The Hall–Kier alpha value is -1.57. The third-order valence-corrected chi connectivity index (χ3v) is 2.78. The van der Waals surface area contributed by atoms with E-state index in [0.717, 1.165) is 35.8 Å². The molecular weight excluding hydrogens is 200 g/mol. The molecule has 0 spiro atoms. The first-order valence-corrected chi connectivity index (χ1v) is 5.81. The molecule has 0 N–H and O–H groups in total. The van der Waals surface area contributed by atoms with Crippen LogP contribution in [0.5, 0.6) is 0 Å². The van der Waals surface area contributed by atoms with E-state index in [1.165, 1.54) is 0 Å². The normalized spacial score (nSPS) is 10.8. The SMILES string of the molecule is CCCCCC(=O)c1ccc2occc2c1. The van der Waals surface area contributed by atoms with Crippen LogP contribution in [-0.2, 0) is 0 Å². The van der Waals surface area contributed by atoms with Gasteiger partial charge in [0.15, 0.2) is 5.78 Å². The van der Waals surface area contributed by atoms with Crippen molar-refractivity contribution in [1.29, 1.82) is 0 Å². The number of hydrogen-bond acceptors (Lipinski definition) is 2. The highest BCUT2D eigenvalue weighted by molar-refractivity contribution is 5.99. The Morgan fingerprint density at radius 3 is 2.94 bits per heavy atom. The molecule has 1 aromatic heterocycles. The molecule has 84 valence electrons. The fourth-order valence-corrected chi connectivity index (χ4v) is 1.82. The third kappa shape index (κ3) is 2.32. The molecule has 16 heavy (non-hydrogen) atoms. The van der Waals surface area contributed by atoms with E-state index in [9.17, 15) is 4.79 Å². The maximum atomic E-state index is 11.9. The van der Waals surface area contributed by atoms with Gasteiger partial charge in [-0.15, -0.1) is 0 Å². The first kappa shape index (κ1) is 10.9. The Morgan fingerprint density at radius 1 is 1.25 bits per heavy atom. The summed E-state index contributed by atoms with van der Waals surface area (Å²) in [7, 11) is 0. The van der Waals surface area contributed by atoms with E-state index in [1.54, 1.807) is 6.26 Å². The second-order valence-electron chi connectivity index (χ2n) is 4.05. The van der Waals surface area contributed by atoms with Gasteiger partial charge in [0.25, 0.3) is 0 Å². The Morgan fingerprint density at radius 2 is 2.12 bits per heavy atom. The van der Waals surface area contributed by atoms with Crippen LogP contribution < -0.4 is 0 Å². The lowest BCUT2D eigenvalue weighted by molar-refractivity contribution is 0.0979. The predicted octanol–water partition coefficient (Wildman–Crippen LogP) is 4.20. The second kappa shape index (κ2) is 4.97. The quantitative estimate of drug-likeness (QED) is 0.554. The zero-order valence-electron chi connectivity index (χ0n) is 9.53. The van der Waals surface area contributed by atoms with Crippen LogP contribution in [0.25, 0.3) is 11.0 Å². The standard InChI is InChI=1S/C14H16O2/c1-2-3-4-5-13(15)11-6-7-14-12(10-11)8-9-16-14/h6-10H,2-5H2,1H3.